The predicted molar refractivity (Wildman–Crippen MR) is 125 cm³/mol. The fraction of sp³-hybridized carbons (Fsp3) is 0.650. The summed E-state index contributed by atoms with van der Waals surface area (Å²) in [4.78, 5) is 24.9. The third kappa shape index (κ3) is 9.26. The molecule has 0 aromatic carbocycles. The van der Waals surface area contributed by atoms with E-state index in [1.807, 2.05) is 25.2 Å². The van der Waals surface area contributed by atoms with E-state index in [-0.39, 0.29) is 36.4 Å². The van der Waals surface area contributed by atoms with Gasteiger partial charge in [-0.3, -0.25) is 14.8 Å². The molecule has 2 rings (SSSR count). The molecule has 1 fully saturated rings. The topological polar surface area (TPSA) is 79.3 Å². The zero-order valence-corrected chi connectivity index (χ0v) is 20.0. The first-order valence-electron chi connectivity index (χ1n) is 9.80. The van der Waals surface area contributed by atoms with Crippen molar-refractivity contribution in [3.8, 4) is 0 Å². The minimum absolute atomic E-state index is 0. The Balaban J connectivity index is 0.00000420. The van der Waals surface area contributed by atoms with Crippen molar-refractivity contribution in [3.05, 3.63) is 30.1 Å². The highest BCUT2D eigenvalue weighted by atomic mass is 127. The number of methoxy groups -OCH3 is 1. The highest BCUT2D eigenvalue weighted by molar-refractivity contribution is 14.0. The monoisotopic (exact) mass is 519 g/mol. The molecule has 29 heavy (non-hydrogen) atoms. The number of rotatable bonds is 10. The Morgan fingerprint density at radius 1 is 1.41 bits per heavy atom. The third-order valence-corrected chi connectivity index (χ3v) is 4.84. The number of carbonyl (C=O) groups is 1. The van der Waals surface area contributed by atoms with E-state index in [4.69, 9.17) is 9.47 Å². The minimum atomic E-state index is 0. The van der Waals surface area contributed by atoms with Crippen molar-refractivity contribution in [1.29, 1.82) is 0 Å². The molecule has 164 valence electrons. The van der Waals surface area contributed by atoms with E-state index < -0.39 is 0 Å². The number of hydrogen-bond donors (Lipinski definition) is 1. The van der Waals surface area contributed by atoms with E-state index in [1.54, 1.807) is 25.3 Å². The number of pyridine rings is 1. The van der Waals surface area contributed by atoms with Crippen LogP contribution < -0.4 is 5.32 Å². The summed E-state index contributed by atoms with van der Waals surface area (Å²) in [6, 6.07) is 5.82. The zero-order chi connectivity index (χ0) is 20.2. The number of nitrogens with zero attached hydrogens (tertiary/aromatic N) is 4. The van der Waals surface area contributed by atoms with Crippen LogP contribution >= 0.6 is 24.0 Å². The van der Waals surface area contributed by atoms with Gasteiger partial charge in [0.2, 0.25) is 5.91 Å². The van der Waals surface area contributed by atoms with Crippen molar-refractivity contribution in [2.75, 3.05) is 67.2 Å². The van der Waals surface area contributed by atoms with Crippen molar-refractivity contribution in [1.82, 2.24) is 20.1 Å². The van der Waals surface area contributed by atoms with Crippen LogP contribution in [0.25, 0.3) is 0 Å². The summed E-state index contributed by atoms with van der Waals surface area (Å²) in [6.07, 6.45) is 3.58. The number of carbonyl (C=O) groups excluding carboxylic acids is 1. The molecule has 0 radical (unpaired) electrons. The average Bonchev–Trinajstić information content (AvgIpc) is 3.19. The van der Waals surface area contributed by atoms with E-state index >= 15 is 0 Å². The highest BCUT2D eigenvalue weighted by Crippen LogP contribution is 2.16. The van der Waals surface area contributed by atoms with Gasteiger partial charge in [0, 0.05) is 65.1 Å². The molecule has 9 heteroatoms. The van der Waals surface area contributed by atoms with Crippen LogP contribution in [0.1, 0.15) is 12.1 Å². The van der Waals surface area contributed by atoms with Gasteiger partial charge >= 0.3 is 0 Å². The number of aromatic nitrogens is 1. The smallest absolute Gasteiger partial charge is 0.241 e. The maximum absolute atomic E-state index is 12.4. The zero-order valence-electron chi connectivity index (χ0n) is 17.7. The number of halogens is 1. The van der Waals surface area contributed by atoms with Gasteiger partial charge in [0.25, 0.3) is 0 Å². The maximum atomic E-state index is 12.4. The molecule has 1 aromatic heterocycles. The summed E-state index contributed by atoms with van der Waals surface area (Å²) in [5, 5.41) is 3.20. The molecular formula is C20H34IN5O3. The van der Waals surface area contributed by atoms with E-state index in [0.717, 1.165) is 44.2 Å². The molecule has 1 aromatic rings. The van der Waals surface area contributed by atoms with Crippen LogP contribution in [0.5, 0.6) is 0 Å². The van der Waals surface area contributed by atoms with Gasteiger partial charge in [-0.05, 0) is 18.6 Å². The largest absolute Gasteiger partial charge is 0.382 e. The van der Waals surface area contributed by atoms with E-state index in [0.29, 0.717) is 25.7 Å². The SMILES string of the molecule is CN=C(NCC(=O)N(C)CCc1ccccn1)N1CCC(COCCOC)C1.I. The Labute approximate surface area is 191 Å². The number of hydrogen-bond acceptors (Lipinski definition) is 5. The molecule has 0 bridgehead atoms. The minimum Gasteiger partial charge on any atom is -0.382 e. The summed E-state index contributed by atoms with van der Waals surface area (Å²) in [5.41, 5.74) is 0.988. The molecule has 0 spiro atoms. The number of ether oxygens (including phenoxy) is 2. The second kappa shape index (κ2) is 14.5. The molecule has 1 unspecified atom stereocenters. The van der Waals surface area contributed by atoms with Crippen molar-refractivity contribution in [3.63, 3.8) is 0 Å². The van der Waals surface area contributed by atoms with Gasteiger partial charge in [-0.1, -0.05) is 6.07 Å². The normalized spacial score (nSPS) is 16.4. The van der Waals surface area contributed by atoms with Crippen LogP contribution in [0.2, 0.25) is 0 Å². The lowest BCUT2D eigenvalue weighted by atomic mass is 10.1. The quantitative estimate of drug-likeness (QED) is 0.217. The molecule has 0 aliphatic carbocycles. The summed E-state index contributed by atoms with van der Waals surface area (Å²) in [5.74, 6) is 1.29. The number of guanidine groups is 1. The van der Waals surface area contributed by atoms with Gasteiger partial charge in [-0.2, -0.15) is 0 Å². The average molecular weight is 519 g/mol. The van der Waals surface area contributed by atoms with Gasteiger partial charge in [0.1, 0.15) is 0 Å². The van der Waals surface area contributed by atoms with Crippen LogP contribution in [-0.2, 0) is 20.7 Å². The number of nitrogens with one attached hydrogen (secondary N) is 1. The lowest BCUT2D eigenvalue weighted by Gasteiger charge is -2.23. The summed E-state index contributed by atoms with van der Waals surface area (Å²) in [6.45, 7) is 4.65. The molecule has 2 heterocycles. The van der Waals surface area contributed by atoms with Gasteiger partial charge in [0.05, 0.1) is 26.4 Å². The van der Waals surface area contributed by atoms with Crippen molar-refractivity contribution < 1.29 is 14.3 Å². The lowest BCUT2D eigenvalue weighted by molar-refractivity contribution is -0.128. The van der Waals surface area contributed by atoms with E-state index in [2.05, 4.69) is 20.2 Å². The van der Waals surface area contributed by atoms with Gasteiger partial charge in [-0.25, -0.2) is 0 Å². The lowest BCUT2D eigenvalue weighted by Crippen LogP contribution is -2.45. The first-order valence-corrected chi connectivity index (χ1v) is 9.80. The molecule has 1 saturated heterocycles. The van der Waals surface area contributed by atoms with Crippen LogP contribution in [0.15, 0.2) is 29.4 Å². The van der Waals surface area contributed by atoms with Gasteiger partial charge < -0.3 is 24.6 Å². The van der Waals surface area contributed by atoms with Crippen LogP contribution in [0, 0.1) is 5.92 Å². The second-order valence-corrected chi connectivity index (χ2v) is 6.96. The standard InChI is InChI=1S/C20H33N5O3.HI/c1-21-20(25-11-7-17(15-25)16-28-13-12-27-3)23-14-19(26)24(2)10-8-18-6-4-5-9-22-18;/h4-6,9,17H,7-8,10-16H2,1-3H3,(H,21,23);1H. The van der Waals surface area contributed by atoms with E-state index in [9.17, 15) is 4.79 Å². The number of amides is 1. The molecule has 1 N–H and O–H groups in total. The first-order chi connectivity index (χ1) is 13.6. The Kier molecular flexibility index (Phi) is 12.8. The predicted octanol–water partition coefficient (Wildman–Crippen LogP) is 1.26. The number of likely N-dealkylation sites (N-methyl/N-ethyl adjacent to an activating group) is 1. The fourth-order valence-electron chi connectivity index (χ4n) is 3.13. The molecular weight excluding hydrogens is 485 g/mol. The van der Waals surface area contributed by atoms with Crippen LogP contribution in [0.4, 0.5) is 0 Å². The maximum Gasteiger partial charge on any atom is 0.241 e. The molecule has 8 nitrogen and oxygen atoms in total. The summed E-state index contributed by atoms with van der Waals surface area (Å²) in [7, 11) is 5.24. The van der Waals surface area contributed by atoms with Crippen LogP contribution in [-0.4, -0.2) is 93.9 Å². The Bertz CT molecular complexity index is 617. The Morgan fingerprint density at radius 3 is 2.93 bits per heavy atom. The number of likely N-dealkylation sites (tertiary alicyclic amines) is 1. The van der Waals surface area contributed by atoms with Crippen LogP contribution in [0.3, 0.4) is 0 Å². The molecule has 1 atom stereocenters. The third-order valence-electron chi connectivity index (χ3n) is 4.84. The molecule has 1 amide bonds. The first kappa shape index (κ1) is 25.6. The molecule has 0 saturated carbocycles. The summed E-state index contributed by atoms with van der Waals surface area (Å²) >= 11 is 0. The second-order valence-electron chi connectivity index (χ2n) is 6.96. The summed E-state index contributed by atoms with van der Waals surface area (Å²) < 4.78 is 10.6. The van der Waals surface area contributed by atoms with E-state index in [1.165, 1.54) is 0 Å². The van der Waals surface area contributed by atoms with Gasteiger partial charge in [0.15, 0.2) is 5.96 Å². The van der Waals surface area contributed by atoms with Crippen molar-refractivity contribution in [2.45, 2.75) is 12.8 Å². The molecule has 1 aliphatic heterocycles. The Morgan fingerprint density at radius 2 is 2.24 bits per heavy atom. The Hall–Kier alpha value is -1.46. The van der Waals surface area contributed by atoms with Crippen molar-refractivity contribution in [2.24, 2.45) is 10.9 Å². The van der Waals surface area contributed by atoms with Crippen molar-refractivity contribution >= 4 is 35.8 Å². The van der Waals surface area contributed by atoms with Gasteiger partial charge in [-0.15, -0.1) is 24.0 Å². The fourth-order valence-corrected chi connectivity index (χ4v) is 3.13. The highest BCUT2D eigenvalue weighted by Gasteiger charge is 2.25. The number of aliphatic imine (C=N–C) groups is 1. The molecule has 1 aliphatic rings.